The topological polar surface area (TPSA) is 40.6 Å². The van der Waals surface area contributed by atoms with Crippen LogP contribution in [0, 0.1) is 0 Å². The van der Waals surface area contributed by atoms with E-state index in [-0.39, 0.29) is 0 Å². The SMILES string of the molecule is COc1cc(/C=C/c2csc(-c3ccccc3)n2)cc(OC)c1OC. The summed E-state index contributed by atoms with van der Waals surface area (Å²) in [4.78, 5) is 4.66. The van der Waals surface area contributed by atoms with Crippen molar-refractivity contribution in [2.75, 3.05) is 21.3 Å². The number of aromatic nitrogens is 1. The van der Waals surface area contributed by atoms with Gasteiger partial charge in [-0.25, -0.2) is 4.98 Å². The Bertz CT molecular complexity index is 847. The molecule has 3 aromatic rings. The van der Waals surface area contributed by atoms with E-state index in [0.29, 0.717) is 17.2 Å². The molecule has 0 radical (unpaired) electrons. The van der Waals surface area contributed by atoms with Crippen molar-refractivity contribution in [1.29, 1.82) is 0 Å². The van der Waals surface area contributed by atoms with Crippen molar-refractivity contribution in [3.05, 3.63) is 59.1 Å². The number of nitrogens with zero attached hydrogens (tertiary/aromatic N) is 1. The minimum atomic E-state index is 0.585. The van der Waals surface area contributed by atoms with E-state index in [1.807, 2.05) is 47.9 Å². The van der Waals surface area contributed by atoms with Gasteiger partial charge in [0.25, 0.3) is 0 Å². The van der Waals surface area contributed by atoms with Gasteiger partial charge in [0, 0.05) is 10.9 Å². The Balaban J connectivity index is 1.86. The smallest absolute Gasteiger partial charge is 0.203 e. The molecule has 0 aliphatic rings. The molecule has 0 aliphatic carbocycles. The van der Waals surface area contributed by atoms with Crippen LogP contribution in [0.5, 0.6) is 17.2 Å². The third-order valence-electron chi connectivity index (χ3n) is 3.68. The first-order chi connectivity index (χ1) is 12.2. The van der Waals surface area contributed by atoms with Crippen LogP contribution in [-0.4, -0.2) is 26.3 Å². The molecule has 2 aromatic carbocycles. The minimum absolute atomic E-state index is 0.585. The summed E-state index contributed by atoms with van der Waals surface area (Å²) in [6.07, 6.45) is 3.96. The number of ether oxygens (including phenoxy) is 3. The van der Waals surface area contributed by atoms with Crippen LogP contribution in [0.2, 0.25) is 0 Å². The Morgan fingerprint density at radius 3 is 2.16 bits per heavy atom. The van der Waals surface area contributed by atoms with Crippen LogP contribution < -0.4 is 14.2 Å². The average molecular weight is 353 g/mol. The highest BCUT2D eigenvalue weighted by molar-refractivity contribution is 7.13. The predicted octanol–water partition coefficient (Wildman–Crippen LogP) is 5.01. The highest BCUT2D eigenvalue weighted by Crippen LogP contribution is 2.38. The van der Waals surface area contributed by atoms with E-state index in [1.165, 1.54) is 0 Å². The number of benzene rings is 2. The lowest BCUT2D eigenvalue weighted by atomic mass is 10.1. The highest BCUT2D eigenvalue weighted by atomic mass is 32.1. The monoisotopic (exact) mass is 353 g/mol. The van der Waals surface area contributed by atoms with Crippen molar-refractivity contribution >= 4 is 23.5 Å². The zero-order valence-electron chi connectivity index (χ0n) is 14.4. The van der Waals surface area contributed by atoms with Crippen LogP contribution in [0.15, 0.2) is 47.8 Å². The number of rotatable bonds is 6. The lowest BCUT2D eigenvalue weighted by Gasteiger charge is -2.12. The Morgan fingerprint density at radius 2 is 1.56 bits per heavy atom. The molecule has 128 valence electrons. The molecule has 0 aliphatic heterocycles. The van der Waals surface area contributed by atoms with Crippen molar-refractivity contribution in [2.24, 2.45) is 0 Å². The van der Waals surface area contributed by atoms with Crippen LogP contribution in [0.4, 0.5) is 0 Å². The van der Waals surface area contributed by atoms with Gasteiger partial charge in [-0.15, -0.1) is 11.3 Å². The second-order valence-electron chi connectivity index (χ2n) is 5.24. The van der Waals surface area contributed by atoms with Gasteiger partial charge in [0.15, 0.2) is 11.5 Å². The third kappa shape index (κ3) is 3.83. The lowest BCUT2D eigenvalue weighted by Crippen LogP contribution is -1.95. The summed E-state index contributed by atoms with van der Waals surface area (Å²) in [5, 5.41) is 3.04. The van der Waals surface area contributed by atoms with Crippen LogP contribution in [0.1, 0.15) is 11.3 Å². The van der Waals surface area contributed by atoms with Crippen molar-refractivity contribution in [2.45, 2.75) is 0 Å². The maximum Gasteiger partial charge on any atom is 0.203 e. The maximum atomic E-state index is 5.38. The number of hydrogen-bond donors (Lipinski definition) is 0. The van der Waals surface area contributed by atoms with Gasteiger partial charge in [-0.3, -0.25) is 0 Å². The van der Waals surface area contributed by atoms with Crippen LogP contribution in [-0.2, 0) is 0 Å². The molecule has 0 bridgehead atoms. The van der Waals surface area contributed by atoms with Gasteiger partial charge >= 0.3 is 0 Å². The second kappa shape index (κ2) is 7.85. The first-order valence-electron chi connectivity index (χ1n) is 7.74. The standard InChI is InChI=1S/C20H19NO3S/c1-22-17-11-14(12-18(23-2)19(17)24-3)9-10-16-13-25-20(21-16)15-7-5-4-6-8-15/h4-13H,1-3H3/b10-9+. The van der Waals surface area contributed by atoms with Gasteiger partial charge in [0.05, 0.1) is 27.0 Å². The van der Waals surface area contributed by atoms with Crippen molar-refractivity contribution < 1.29 is 14.2 Å². The quantitative estimate of drug-likeness (QED) is 0.625. The fourth-order valence-corrected chi connectivity index (χ4v) is 3.25. The molecule has 0 amide bonds. The summed E-state index contributed by atoms with van der Waals surface area (Å²) in [6.45, 7) is 0. The van der Waals surface area contributed by atoms with Gasteiger partial charge in [-0.1, -0.05) is 36.4 Å². The number of thiazole rings is 1. The van der Waals surface area contributed by atoms with E-state index >= 15 is 0 Å². The molecule has 1 aromatic heterocycles. The molecule has 1 heterocycles. The molecule has 0 fully saturated rings. The Hall–Kier alpha value is -2.79. The van der Waals surface area contributed by atoms with E-state index in [4.69, 9.17) is 14.2 Å². The van der Waals surface area contributed by atoms with E-state index in [1.54, 1.807) is 32.7 Å². The summed E-state index contributed by atoms with van der Waals surface area (Å²) in [5.74, 6) is 1.84. The molecular weight excluding hydrogens is 334 g/mol. The molecule has 0 spiro atoms. The van der Waals surface area contributed by atoms with Gasteiger partial charge in [-0.05, 0) is 23.8 Å². The summed E-state index contributed by atoms with van der Waals surface area (Å²) < 4.78 is 16.1. The zero-order valence-corrected chi connectivity index (χ0v) is 15.2. The van der Waals surface area contributed by atoms with Crippen LogP contribution in [0.25, 0.3) is 22.7 Å². The molecule has 5 heteroatoms. The highest BCUT2D eigenvalue weighted by Gasteiger charge is 2.12. The molecule has 3 rings (SSSR count). The van der Waals surface area contributed by atoms with E-state index in [9.17, 15) is 0 Å². The molecule has 0 N–H and O–H groups in total. The van der Waals surface area contributed by atoms with Crippen molar-refractivity contribution in [3.63, 3.8) is 0 Å². The third-order valence-corrected chi connectivity index (χ3v) is 4.59. The van der Waals surface area contributed by atoms with E-state index in [0.717, 1.165) is 21.8 Å². The molecule has 4 nitrogen and oxygen atoms in total. The summed E-state index contributed by atoms with van der Waals surface area (Å²) in [6, 6.07) is 14.0. The lowest BCUT2D eigenvalue weighted by molar-refractivity contribution is 0.324. The normalized spacial score (nSPS) is 10.8. The van der Waals surface area contributed by atoms with E-state index < -0.39 is 0 Å². The molecule has 0 saturated carbocycles. The zero-order chi connectivity index (χ0) is 17.6. The van der Waals surface area contributed by atoms with Crippen LogP contribution in [0.3, 0.4) is 0 Å². The number of hydrogen-bond acceptors (Lipinski definition) is 5. The first kappa shape index (κ1) is 17.0. The van der Waals surface area contributed by atoms with Gasteiger partial charge in [0.1, 0.15) is 5.01 Å². The van der Waals surface area contributed by atoms with Crippen LogP contribution >= 0.6 is 11.3 Å². The Labute approximate surface area is 151 Å². The summed E-state index contributed by atoms with van der Waals surface area (Å²) >= 11 is 1.63. The van der Waals surface area contributed by atoms with Crippen molar-refractivity contribution in [1.82, 2.24) is 4.98 Å². The Kier molecular flexibility index (Phi) is 5.36. The molecular formula is C20H19NO3S. The van der Waals surface area contributed by atoms with E-state index in [2.05, 4.69) is 17.1 Å². The summed E-state index contributed by atoms with van der Waals surface area (Å²) in [7, 11) is 4.81. The van der Waals surface area contributed by atoms with Gasteiger partial charge in [-0.2, -0.15) is 0 Å². The Morgan fingerprint density at radius 1 is 0.880 bits per heavy atom. The fraction of sp³-hybridized carbons (Fsp3) is 0.150. The maximum absolute atomic E-state index is 5.38. The van der Waals surface area contributed by atoms with Crippen molar-refractivity contribution in [3.8, 4) is 27.8 Å². The molecule has 0 saturated heterocycles. The first-order valence-corrected chi connectivity index (χ1v) is 8.62. The predicted molar refractivity (Wildman–Crippen MR) is 103 cm³/mol. The molecule has 0 atom stereocenters. The largest absolute Gasteiger partial charge is 0.493 e. The average Bonchev–Trinajstić information content (AvgIpc) is 3.15. The second-order valence-corrected chi connectivity index (χ2v) is 6.09. The summed E-state index contributed by atoms with van der Waals surface area (Å²) in [5.41, 5.74) is 2.99. The van der Waals surface area contributed by atoms with Gasteiger partial charge in [0.2, 0.25) is 5.75 Å². The minimum Gasteiger partial charge on any atom is -0.493 e. The molecule has 0 unspecified atom stereocenters. The van der Waals surface area contributed by atoms with Gasteiger partial charge < -0.3 is 14.2 Å². The molecule has 25 heavy (non-hydrogen) atoms. The number of methoxy groups -OCH3 is 3. The fourth-order valence-electron chi connectivity index (χ4n) is 2.46.